The summed E-state index contributed by atoms with van der Waals surface area (Å²) in [6, 6.07) is 21.2. The van der Waals surface area contributed by atoms with Gasteiger partial charge in [0.25, 0.3) is 5.91 Å². The number of benzene rings is 2. The van der Waals surface area contributed by atoms with E-state index < -0.39 is 0 Å². The molecule has 2 aromatic carbocycles. The van der Waals surface area contributed by atoms with Gasteiger partial charge in [0.15, 0.2) is 0 Å². The highest BCUT2D eigenvalue weighted by atomic mass is 16.5. The van der Waals surface area contributed by atoms with Gasteiger partial charge in [-0.25, -0.2) is 4.68 Å². The third-order valence-electron chi connectivity index (χ3n) is 6.38. The predicted molar refractivity (Wildman–Crippen MR) is 136 cm³/mol. The summed E-state index contributed by atoms with van der Waals surface area (Å²) in [6.45, 7) is 5.22. The molecule has 1 unspecified atom stereocenters. The maximum absolute atomic E-state index is 13.6. The minimum Gasteiger partial charge on any atom is -0.497 e. The third-order valence-corrected chi connectivity index (χ3v) is 6.38. The molecule has 0 spiro atoms. The summed E-state index contributed by atoms with van der Waals surface area (Å²) >= 11 is 0. The van der Waals surface area contributed by atoms with Crippen LogP contribution in [0.1, 0.15) is 27.9 Å². The highest BCUT2D eigenvalue weighted by Gasteiger charge is 2.27. The number of methoxy groups -OCH3 is 1. The quantitative estimate of drug-likeness (QED) is 0.401. The number of hydrogen-bond acceptors (Lipinski definition) is 6. The summed E-state index contributed by atoms with van der Waals surface area (Å²) in [7, 11) is 1.63. The molecule has 1 aliphatic rings. The maximum Gasteiger partial charge on any atom is 0.255 e. The first-order valence-corrected chi connectivity index (χ1v) is 12.1. The summed E-state index contributed by atoms with van der Waals surface area (Å²) in [5.74, 6) is 2.24. The first-order chi connectivity index (χ1) is 17.6. The second-order valence-electron chi connectivity index (χ2n) is 8.72. The molecule has 3 heterocycles. The summed E-state index contributed by atoms with van der Waals surface area (Å²) in [6.07, 6.45) is 1.78. The van der Waals surface area contributed by atoms with E-state index in [1.54, 1.807) is 18.0 Å². The number of carbonyl (C=O) groups excluding carboxylic acids is 1. The highest BCUT2D eigenvalue weighted by molar-refractivity contribution is 6.00. The van der Waals surface area contributed by atoms with Crippen LogP contribution in [-0.2, 0) is 4.74 Å². The molecule has 4 aromatic rings. The van der Waals surface area contributed by atoms with Crippen LogP contribution >= 0.6 is 0 Å². The van der Waals surface area contributed by atoms with Crippen LogP contribution in [0.4, 0.5) is 0 Å². The number of nitrogens with one attached hydrogen (secondary N) is 1. The largest absolute Gasteiger partial charge is 0.497 e. The van der Waals surface area contributed by atoms with Gasteiger partial charge in [0.1, 0.15) is 23.0 Å². The number of rotatable bonds is 8. The van der Waals surface area contributed by atoms with Gasteiger partial charge < -0.3 is 19.2 Å². The molecule has 186 valence electrons. The lowest BCUT2D eigenvalue weighted by molar-refractivity contribution is 0.0117. The van der Waals surface area contributed by atoms with Crippen molar-refractivity contribution < 1.29 is 18.7 Å². The van der Waals surface area contributed by atoms with Gasteiger partial charge in [0.05, 0.1) is 37.6 Å². The van der Waals surface area contributed by atoms with E-state index in [9.17, 15) is 4.79 Å². The molecule has 8 nitrogen and oxygen atoms in total. The van der Waals surface area contributed by atoms with E-state index >= 15 is 0 Å². The Bertz CT molecular complexity index is 1290. The zero-order valence-corrected chi connectivity index (χ0v) is 20.5. The van der Waals surface area contributed by atoms with Crippen LogP contribution in [0.25, 0.3) is 16.9 Å². The summed E-state index contributed by atoms with van der Waals surface area (Å²) in [5.41, 5.74) is 2.82. The Morgan fingerprint density at radius 1 is 1.06 bits per heavy atom. The molecule has 1 aliphatic heterocycles. The molecule has 5 rings (SSSR count). The fourth-order valence-corrected chi connectivity index (χ4v) is 4.43. The van der Waals surface area contributed by atoms with Gasteiger partial charge in [-0.2, -0.15) is 5.10 Å². The summed E-state index contributed by atoms with van der Waals surface area (Å²) in [5, 5.41) is 7.92. The first kappa shape index (κ1) is 23.8. The lowest BCUT2D eigenvalue weighted by Crippen LogP contribution is -2.43. The third kappa shape index (κ3) is 5.19. The van der Waals surface area contributed by atoms with E-state index in [2.05, 4.69) is 10.2 Å². The van der Waals surface area contributed by atoms with Gasteiger partial charge in [-0.3, -0.25) is 9.69 Å². The van der Waals surface area contributed by atoms with Crippen molar-refractivity contribution in [3.05, 3.63) is 90.0 Å². The number of furan rings is 1. The topological polar surface area (TPSA) is 81.8 Å². The van der Waals surface area contributed by atoms with E-state index in [0.29, 0.717) is 31.0 Å². The average Bonchev–Trinajstić information content (AvgIpc) is 3.57. The normalized spacial score (nSPS) is 14.9. The van der Waals surface area contributed by atoms with Crippen molar-refractivity contribution in [1.29, 1.82) is 0 Å². The summed E-state index contributed by atoms with van der Waals surface area (Å²) < 4.78 is 18.5. The molecule has 1 fully saturated rings. The Labute approximate surface area is 210 Å². The van der Waals surface area contributed by atoms with E-state index in [1.807, 2.05) is 73.7 Å². The Kier molecular flexibility index (Phi) is 7.16. The molecule has 1 N–H and O–H groups in total. The molecule has 0 saturated carbocycles. The number of hydrogen-bond donors (Lipinski definition) is 1. The van der Waals surface area contributed by atoms with Gasteiger partial charge in [-0.15, -0.1) is 0 Å². The smallest absolute Gasteiger partial charge is 0.255 e. The Hall–Kier alpha value is -3.88. The predicted octanol–water partition coefficient (Wildman–Crippen LogP) is 4.25. The SMILES string of the molecule is COc1ccc(-c2nn(-c3ccccc3)cc2C(=O)NCC(c2ccc(C)o2)N2CCOCC2)cc1. The molecule has 2 aromatic heterocycles. The Morgan fingerprint density at radius 2 is 1.81 bits per heavy atom. The van der Waals surface area contributed by atoms with E-state index in [1.165, 1.54) is 0 Å². The van der Waals surface area contributed by atoms with Gasteiger partial charge in [-0.05, 0) is 55.5 Å². The van der Waals surface area contributed by atoms with Crippen molar-refractivity contribution >= 4 is 5.91 Å². The van der Waals surface area contributed by atoms with Crippen LogP contribution in [-0.4, -0.2) is 60.5 Å². The standard InChI is InChI=1S/C28H30N4O4/c1-20-8-13-26(36-20)25(31-14-16-35-17-15-31)18-29-28(33)24-19-32(22-6-4-3-5-7-22)30-27(24)21-9-11-23(34-2)12-10-21/h3-13,19,25H,14-18H2,1-2H3,(H,29,33). The van der Waals surface area contributed by atoms with Crippen LogP contribution in [0, 0.1) is 6.92 Å². The van der Waals surface area contributed by atoms with Crippen LogP contribution in [0.5, 0.6) is 5.75 Å². The lowest BCUT2D eigenvalue weighted by atomic mass is 10.1. The Morgan fingerprint density at radius 3 is 2.47 bits per heavy atom. The van der Waals surface area contributed by atoms with E-state index in [-0.39, 0.29) is 11.9 Å². The molecular weight excluding hydrogens is 456 g/mol. The number of aromatic nitrogens is 2. The van der Waals surface area contributed by atoms with Crippen molar-refractivity contribution in [1.82, 2.24) is 20.0 Å². The molecule has 0 aliphatic carbocycles. The number of carbonyl (C=O) groups is 1. The van der Waals surface area contributed by atoms with Crippen molar-refractivity contribution in [3.63, 3.8) is 0 Å². The van der Waals surface area contributed by atoms with Gasteiger partial charge >= 0.3 is 0 Å². The summed E-state index contributed by atoms with van der Waals surface area (Å²) in [4.78, 5) is 15.9. The lowest BCUT2D eigenvalue weighted by Gasteiger charge is -2.33. The number of aryl methyl sites for hydroxylation is 1. The van der Waals surface area contributed by atoms with Crippen molar-refractivity contribution in [2.45, 2.75) is 13.0 Å². The minimum absolute atomic E-state index is 0.0832. The molecule has 8 heteroatoms. The van der Waals surface area contributed by atoms with Gasteiger partial charge in [0.2, 0.25) is 0 Å². The second kappa shape index (κ2) is 10.8. The highest BCUT2D eigenvalue weighted by Crippen LogP contribution is 2.27. The van der Waals surface area contributed by atoms with Crippen molar-refractivity contribution in [3.8, 4) is 22.7 Å². The average molecular weight is 487 g/mol. The Balaban J connectivity index is 1.43. The zero-order valence-electron chi connectivity index (χ0n) is 20.5. The minimum atomic E-state index is -0.190. The molecule has 36 heavy (non-hydrogen) atoms. The molecule has 1 atom stereocenters. The van der Waals surface area contributed by atoms with Crippen molar-refractivity contribution in [2.75, 3.05) is 40.0 Å². The molecule has 0 radical (unpaired) electrons. The monoisotopic (exact) mass is 486 g/mol. The van der Waals surface area contributed by atoms with E-state index in [4.69, 9.17) is 19.0 Å². The molecular formula is C28H30N4O4. The van der Waals surface area contributed by atoms with Crippen molar-refractivity contribution in [2.24, 2.45) is 0 Å². The molecule has 1 saturated heterocycles. The number of morpholine rings is 1. The fourth-order valence-electron chi connectivity index (χ4n) is 4.43. The van der Waals surface area contributed by atoms with Crippen LogP contribution in [0.3, 0.4) is 0 Å². The van der Waals surface area contributed by atoms with Crippen LogP contribution in [0.2, 0.25) is 0 Å². The first-order valence-electron chi connectivity index (χ1n) is 12.1. The number of nitrogens with zero attached hydrogens (tertiary/aromatic N) is 3. The molecule has 1 amide bonds. The number of para-hydroxylation sites is 1. The maximum atomic E-state index is 13.6. The van der Waals surface area contributed by atoms with Crippen LogP contribution < -0.4 is 10.1 Å². The fraction of sp³-hybridized carbons (Fsp3) is 0.286. The van der Waals surface area contributed by atoms with Gasteiger partial charge in [-0.1, -0.05) is 18.2 Å². The number of amides is 1. The zero-order chi connectivity index (χ0) is 24.9. The van der Waals surface area contributed by atoms with E-state index in [0.717, 1.165) is 41.6 Å². The second-order valence-corrected chi connectivity index (χ2v) is 8.72. The molecule has 0 bridgehead atoms. The van der Waals surface area contributed by atoms with Crippen LogP contribution in [0.15, 0.2) is 77.3 Å². The number of ether oxygens (including phenoxy) is 2. The van der Waals surface area contributed by atoms with Gasteiger partial charge in [0, 0.05) is 31.4 Å².